The highest BCUT2D eigenvalue weighted by molar-refractivity contribution is 9.10. The number of benzene rings is 2. The first-order chi connectivity index (χ1) is 13.4. The number of methoxy groups -OCH3 is 1. The smallest absolute Gasteiger partial charge is 0.252 e. The second-order valence-corrected chi connectivity index (χ2v) is 8.29. The average molecular weight is 446 g/mol. The van der Waals surface area contributed by atoms with Gasteiger partial charge in [0.15, 0.2) is 0 Å². The molecule has 0 spiro atoms. The molecule has 1 N–H and O–H groups in total. The minimum absolute atomic E-state index is 0.0667. The van der Waals surface area contributed by atoms with Crippen molar-refractivity contribution in [1.29, 1.82) is 0 Å². The van der Waals surface area contributed by atoms with E-state index in [1.165, 1.54) is 0 Å². The zero-order chi connectivity index (χ0) is 20.3. The van der Waals surface area contributed by atoms with E-state index in [1.807, 2.05) is 44.2 Å². The van der Waals surface area contributed by atoms with E-state index in [9.17, 15) is 4.79 Å². The summed E-state index contributed by atoms with van der Waals surface area (Å²) in [6.07, 6.45) is 0. The molecule has 0 unspecified atom stereocenters. The molecule has 5 nitrogen and oxygen atoms in total. The number of carbonyl (C=O) groups excluding carboxylic acids is 1. The predicted octanol–water partition coefficient (Wildman–Crippen LogP) is 4.01. The molecule has 6 heteroatoms. The lowest BCUT2D eigenvalue weighted by Gasteiger charge is -2.34. The van der Waals surface area contributed by atoms with Gasteiger partial charge >= 0.3 is 0 Å². The Hall–Kier alpha value is -2.05. The van der Waals surface area contributed by atoms with Crippen LogP contribution in [0, 0.1) is 6.92 Å². The van der Waals surface area contributed by atoms with E-state index in [0.717, 1.165) is 58.8 Å². The molecule has 1 heterocycles. The Labute approximate surface area is 175 Å². The molecular formula is C22H28BrN3O2. The Morgan fingerprint density at radius 1 is 1.14 bits per heavy atom. The number of anilines is 1. The van der Waals surface area contributed by atoms with Crippen molar-refractivity contribution in [3.8, 4) is 5.75 Å². The van der Waals surface area contributed by atoms with Gasteiger partial charge in [0.25, 0.3) is 5.91 Å². The third-order valence-electron chi connectivity index (χ3n) is 5.34. The number of hydrogen-bond acceptors (Lipinski definition) is 4. The molecule has 1 atom stereocenters. The molecule has 1 aliphatic rings. The van der Waals surface area contributed by atoms with E-state index in [0.29, 0.717) is 0 Å². The fourth-order valence-corrected chi connectivity index (χ4v) is 3.89. The van der Waals surface area contributed by atoms with Crippen molar-refractivity contribution in [3.05, 3.63) is 57.6 Å². The molecule has 0 bridgehead atoms. The van der Waals surface area contributed by atoms with Crippen LogP contribution < -0.4 is 15.0 Å². The minimum Gasteiger partial charge on any atom is -0.496 e. The molecule has 2 aromatic carbocycles. The predicted molar refractivity (Wildman–Crippen MR) is 117 cm³/mol. The molecule has 28 heavy (non-hydrogen) atoms. The van der Waals surface area contributed by atoms with E-state index in [1.54, 1.807) is 7.11 Å². The number of aryl methyl sites for hydroxylation is 1. The topological polar surface area (TPSA) is 44.8 Å². The monoisotopic (exact) mass is 445 g/mol. The van der Waals surface area contributed by atoms with Crippen molar-refractivity contribution >= 4 is 27.5 Å². The second kappa shape index (κ2) is 8.97. The van der Waals surface area contributed by atoms with Gasteiger partial charge in [0.2, 0.25) is 0 Å². The van der Waals surface area contributed by atoms with E-state index < -0.39 is 0 Å². The average Bonchev–Trinajstić information content (AvgIpc) is 2.69. The van der Waals surface area contributed by atoms with Crippen LogP contribution in [0.2, 0.25) is 0 Å². The summed E-state index contributed by atoms with van der Waals surface area (Å²) >= 11 is 3.50. The number of carbonyl (C=O) groups is 1. The van der Waals surface area contributed by atoms with Gasteiger partial charge < -0.3 is 19.9 Å². The number of amides is 1. The van der Waals surface area contributed by atoms with Crippen LogP contribution >= 0.6 is 15.9 Å². The summed E-state index contributed by atoms with van der Waals surface area (Å²) < 4.78 is 6.41. The van der Waals surface area contributed by atoms with Crippen LogP contribution in [0.4, 0.5) is 5.69 Å². The van der Waals surface area contributed by atoms with E-state index in [2.05, 4.69) is 44.2 Å². The van der Waals surface area contributed by atoms with Crippen molar-refractivity contribution in [2.45, 2.75) is 19.9 Å². The van der Waals surface area contributed by atoms with Gasteiger partial charge in [-0.25, -0.2) is 0 Å². The van der Waals surface area contributed by atoms with Crippen LogP contribution in [0.15, 0.2) is 40.9 Å². The van der Waals surface area contributed by atoms with E-state index >= 15 is 0 Å². The molecule has 1 amide bonds. The molecule has 0 aliphatic carbocycles. The highest BCUT2D eigenvalue weighted by atomic mass is 79.9. The summed E-state index contributed by atoms with van der Waals surface area (Å²) in [6.45, 7) is 7.98. The largest absolute Gasteiger partial charge is 0.496 e. The zero-order valence-corrected chi connectivity index (χ0v) is 18.5. The van der Waals surface area contributed by atoms with Crippen molar-refractivity contribution in [2.24, 2.45) is 0 Å². The van der Waals surface area contributed by atoms with Crippen LogP contribution in [-0.2, 0) is 0 Å². The molecular weight excluding hydrogens is 418 g/mol. The number of rotatable bonds is 5. The number of piperazine rings is 1. The standard InChI is InChI=1S/C22H28BrN3O2/c1-15-5-7-18(26-11-9-25(3)10-12-26)14-19(15)22(27)24-16(2)20-13-17(23)6-8-21(20)28-4/h5-8,13-14,16H,9-12H2,1-4H3,(H,24,27)/t16-/m1/s1. The summed E-state index contributed by atoms with van der Waals surface area (Å²) in [5.41, 5.74) is 3.75. The molecule has 1 saturated heterocycles. The minimum atomic E-state index is -0.174. The summed E-state index contributed by atoms with van der Waals surface area (Å²) in [7, 11) is 3.79. The van der Waals surface area contributed by atoms with Gasteiger partial charge in [0.1, 0.15) is 5.75 Å². The maximum Gasteiger partial charge on any atom is 0.252 e. The number of ether oxygens (including phenoxy) is 1. The third-order valence-corrected chi connectivity index (χ3v) is 5.83. The first-order valence-corrected chi connectivity index (χ1v) is 10.4. The molecule has 3 rings (SSSR count). The Morgan fingerprint density at radius 3 is 2.54 bits per heavy atom. The van der Waals surface area contributed by atoms with Gasteiger partial charge in [0.05, 0.1) is 13.2 Å². The van der Waals surface area contributed by atoms with Gasteiger partial charge in [0, 0.05) is 47.5 Å². The highest BCUT2D eigenvalue weighted by Gasteiger charge is 2.19. The molecule has 2 aromatic rings. The van der Waals surface area contributed by atoms with Crippen LogP contribution in [-0.4, -0.2) is 51.1 Å². The maximum atomic E-state index is 13.0. The van der Waals surface area contributed by atoms with Gasteiger partial charge in [-0.15, -0.1) is 0 Å². The van der Waals surface area contributed by atoms with Crippen LogP contribution in [0.25, 0.3) is 0 Å². The summed E-state index contributed by atoms with van der Waals surface area (Å²) in [5, 5.41) is 3.13. The summed E-state index contributed by atoms with van der Waals surface area (Å²) in [4.78, 5) is 17.7. The molecule has 0 aromatic heterocycles. The number of hydrogen-bond donors (Lipinski definition) is 1. The number of nitrogens with one attached hydrogen (secondary N) is 1. The number of nitrogens with zero attached hydrogens (tertiary/aromatic N) is 2. The van der Waals surface area contributed by atoms with Crippen molar-refractivity contribution in [1.82, 2.24) is 10.2 Å². The van der Waals surface area contributed by atoms with Crippen molar-refractivity contribution < 1.29 is 9.53 Å². The molecule has 0 radical (unpaired) electrons. The Bertz CT molecular complexity index is 848. The van der Waals surface area contributed by atoms with Gasteiger partial charge in [-0.1, -0.05) is 22.0 Å². The number of likely N-dealkylation sites (N-methyl/N-ethyl adjacent to an activating group) is 1. The van der Waals surface area contributed by atoms with Gasteiger partial charge in [-0.05, 0) is 56.8 Å². The summed E-state index contributed by atoms with van der Waals surface area (Å²) in [6, 6.07) is 11.8. The lowest BCUT2D eigenvalue weighted by molar-refractivity contribution is 0.0939. The Balaban J connectivity index is 1.79. The van der Waals surface area contributed by atoms with E-state index in [-0.39, 0.29) is 11.9 Å². The lowest BCUT2D eigenvalue weighted by Crippen LogP contribution is -2.44. The highest BCUT2D eigenvalue weighted by Crippen LogP contribution is 2.29. The molecule has 1 aliphatic heterocycles. The molecule has 1 fully saturated rings. The van der Waals surface area contributed by atoms with Crippen molar-refractivity contribution in [2.75, 3.05) is 45.2 Å². The zero-order valence-electron chi connectivity index (χ0n) is 17.0. The van der Waals surface area contributed by atoms with Crippen LogP contribution in [0.1, 0.15) is 34.5 Å². The Morgan fingerprint density at radius 2 is 1.86 bits per heavy atom. The SMILES string of the molecule is COc1ccc(Br)cc1[C@@H](C)NC(=O)c1cc(N2CCN(C)CC2)ccc1C. The fraction of sp³-hybridized carbons (Fsp3) is 0.409. The van der Waals surface area contributed by atoms with Gasteiger partial charge in [-0.2, -0.15) is 0 Å². The van der Waals surface area contributed by atoms with Gasteiger partial charge in [-0.3, -0.25) is 4.79 Å². The third kappa shape index (κ3) is 4.67. The molecule has 150 valence electrons. The first-order valence-electron chi connectivity index (χ1n) is 9.57. The quantitative estimate of drug-likeness (QED) is 0.754. The van der Waals surface area contributed by atoms with Crippen molar-refractivity contribution in [3.63, 3.8) is 0 Å². The fourth-order valence-electron chi connectivity index (χ4n) is 3.51. The van der Waals surface area contributed by atoms with Crippen LogP contribution in [0.5, 0.6) is 5.75 Å². The second-order valence-electron chi connectivity index (χ2n) is 7.37. The summed E-state index contributed by atoms with van der Waals surface area (Å²) in [5.74, 6) is 0.696. The maximum absolute atomic E-state index is 13.0. The van der Waals surface area contributed by atoms with Crippen LogP contribution in [0.3, 0.4) is 0 Å². The number of halogens is 1. The van der Waals surface area contributed by atoms with E-state index in [4.69, 9.17) is 4.74 Å². The lowest BCUT2D eigenvalue weighted by atomic mass is 10.0. The molecule has 0 saturated carbocycles. The first kappa shape index (κ1) is 20.7. The Kier molecular flexibility index (Phi) is 6.62. The normalized spacial score (nSPS) is 16.0.